The quantitative estimate of drug-likeness (QED) is 0.553. The molecule has 1 aromatic heterocycles. The highest BCUT2D eigenvalue weighted by Crippen LogP contribution is 2.25. The number of nitrogens with one attached hydrogen (secondary N) is 1. The van der Waals surface area contributed by atoms with Gasteiger partial charge in [0, 0.05) is 22.7 Å². The predicted molar refractivity (Wildman–Crippen MR) is 104 cm³/mol. The van der Waals surface area contributed by atoms with E-state index in [9.17, 15) is 4.79 Å². The van der Waals surface area contributed by atoms with E-state index in [1.54, 1.807) is 6.08 Å². The van der Waals surface area contributed by atoms with Crippen LogP contribution in [-0.2, 0) is 11.3 Å². The summed E-state index contributed by atoms with van der Waals surface area (Å²) in [5.74, 6) is 1.01. The van der Waals surface area contributed by atoms with Gasteiger partial charge in [0.2, 0.25) is 5.91 Å². The van der Waals surface area contributed by atoms with Crippen LogP contribution >= 0.6 is 23.4 Å². The van der Waals surface area contributed by atoms with Crippen molar-refractivity contribution in [1.82, 2.24) is 20.1 Å². The van der Waals surface area contributed by atoms with Crippen LogP contribution in [0.15, 0.2) is 42.1 Å². The lowest BCUT2D eigenvalue weighted by molar-refractivity contribution is -0.120. The summed E-state index contributed by atoms with van der Waals surface area (Å²) >= 11 is 7.32. The maximum atomic E-state index is 12.2. The van der Waals surface area contributed by atoms with Gasteiger partial charge in [-0.1, -0.05) is 36.4 Å². The molecule has 0 fully saturated rings. The summed E-state index contributed by atoms with van der Waals surface area (Å²) in [6.07, 6.45) is 2.66. The number of aromatic nitrogens is 3. The topological polar surface area (TPSA) is 59.8 Å². The van der Waals surface area contributed by atoms with Crippen LogP contribution in [0.25, 0.3) is 11.4 Å². The van der Waals surface area contributed by atoms with Crippen LogP contribution in [0.4, 0.5) is 0 Å². The number of amides is 1. The van der Waals surface area contributed by atoms with Gasteiger partial charge in [0.25, 0.3) is 0 Å². The summed E-state index contributed by atoms with van der Waals surface area (Å²) in [5.41, 5.74) is 0.711. The molecular weight excluding hydrogens is 356 g/mol. The Bertz CT molecular complexity index is 740. The molecule has 1 heterocycles. The van der Waals surface area contributed by atoms with Crippen LogP contribution < -0.4 is 5.32 Å². The fraction of sp³-hybridized carbons (Fsp3) is 0.389. The summed E-state index contributed by atoms with van der Waals surface area (Å²) in [6, 6.07) is 7.43. The van der Waals surface area contributed by atoms with Crippen molar-refractivity contribution >= 4 is 29.3 Å². The van der Waals surface area contributed by atoms with Crippen molar-refractivity contribution in [2.45, 2.75) is 44.4 Å². The summed E-state index contributed by atoms with van der Waals surface area (Å²) in [6.45, 7) is 10.4. The molecule has 0 atom stereocenters. The van der Waals surface area contributed by atoms with Gasteiger partial charge in [-0.15, -0.1) is 16.8 Å². The van der Waals surface area contributed by atoms with Gasteiger partial charge in [0.15, 0.2) is 11.0 Å². The Labute approximate surface area is 157 Å². The van der Waals surface area contributed by atoms with E-state index in [4.69, 9.17) is 11.6 Å². The molecule has 5 nitrogen and oxygen atoms in total. The standard InChI is InChI=1S/C18H23ClN4OS/c1-5-11-23-16(13-7-9-14(19)10-8-13)21-22-17(23)25-12-15(24)20-18(3,4)6-2/h5,7-10H,1,6,11-12H2,2-4H3,(H,20,24). The van der Waals surface area contributed by atoms with E-state index in [0.717, 1.165) is 17.8 Å². The van der Waals surface area contributed by atoms with Crippen LogP contribution in [0.1, 0.15) is 27.2 Å². The molecule has 0 unspecified atom stereocenters. The Morgan fingerprint density at radius 1 is 1.36 bits per heavy atom. The number of hydrogen-bond donors (Lipinski definition) is 1. The number of carbonyl (C=O) groups is 1. The van der Waals surface area contributed by atoms with Gasteiger partial charge in [-0.3, -0.25) is 9.36 Å². The van der Waals surface area contributed by atoms with Crippen molar-refractivity contribution < 1.29 is 4.79 Å². The zero-order valence-corrected chi connectivity index (χ0v) is 16.3. The molecular formula is C18H23ClN4OS. The summed E-state index contributed by atoms with van der Waals surface area (Å²) in [7, 11) is 0. The van der Waals surface area contributed by atoms with Crippen LogP contribution in [-0.4, -0.2) is 32.0 Å². The highest BCUT2D eigenvalue weighted by Gasteiger charge is 2.19. The van der Waals surface area contributed by atoms with E-state index in [1.807, 2.05) is 49.6 Å². The summed E-state index contributed by atoms with van der Waals surface area (Å²) in [5, 5.41) is 12.9. The van der Waals surface area contributed by atoms with Crippen molar-refractivity contribution in [2.75, 3.05) is 5.75 Å². The highest BCUT2D eigenvalue weighted by atomic mass is 35.5. The van der Waals surface area contributed by atoms with Crippen LogP contribution in [0.3, 0.4) is 0 Å². The molecule has 0 saturated heterocycles. The Kier molecular flexibility index (Phi) is 6.67. The molecule has 0 aliphatic carbocycles. The Balaban J connectivity index is 2.15. The fourth-order valence-electron chi connectivity index (χ4n) is 2.13. The first kappa shape index (κ1) is 19.5. The zero-order chi connectivity index (χ0) is 18.4. The lowest BCUT2D eigenvalue weighted by Crippen LogP contribution is -2.43. The van der Waals surface area contributed by atoms with Crippen molar-refractivity contribution in [1.29, 1.82) is 0 Å². The number of carbonyl (C=O) groups excluding carboxylic acids is 1. The molecule has 0 aliphatic heterocycles. The molecule has 1 N–H and O–H groups in total. The Hall–Kier alpha value is -1.79. The van der Waals surface area contributed by atoms with E-state index in [1.165, 1.54) is 11.8 Å². The molecule has 0 saturated carbocycles. The van der Waals surface area contributed by atoms with E-state index in [2.05, 4.69) is 22.1 Å². The van der Waals surface area contributed by atoms with Crippen molar-refractivity contribution in [3.63, 3.8) is 0 Å². The van der Waals surface area contributed by atoms with Gasteiger partial charge in [-0.05, 0) is 44.5 Å². The number of halogens is 1. The number of nitrogens with zero attached hydrogens (tertiary/aromatic N) is 3. The van der Waals surface area contributed by atoms with Gasteiger partial charge >= 0.3 is 0 Å². The number of hydrogen-bond acceptors (Lipinski definition) is 4. The zero-order valence-electron chi connectivity index (χ0n) is 14.8. The molecule has 7 heteroatoms. The molecule has 0 radical (unpaired) electrons. The SMILES string of the molecule is C=CCn1c(SCC(=O)NC(C)(C)CC)nnc1-c1ccc(Cl)cc1. The Morgan fingerprint density at radius 3 is 2.64 bits per heavy atom. The minimum absolute atomic E-state index is 0.0157. The molecule has 1 aromatic carbocycles. The lowest BCUT2D eigenvalue weighted by atomic mass is 10.0. The van der Waals surface area contributed by atoms with E-state index < -0.39 is 0 Å². The van der Waals surface area contributed by atoms with E-state index in [0.29, 0.717) is 22.5 Å². The number of benzene rings is 1. The second-order valence-electron chi connectivity index (χ2n) is 6.29. The number of thioether (sulfide) groups is 1. The van der Waals surface area contributed by atoms with Gasteiger partial charge in [0.05, 0.1) is 5.75 Å². The van der Waals surface area contributed by atoms with Crippen LogP contribution in [0.5, 0.6) is 0 Å². The monoisotopic (exact) mass is 378 g/mol. The van der Waals surface area contributed by atoms with Gasteiger partial charge in [-0.2, -0.15) is 0 Å². The van der Waals surface area contributed by atoms with Crippen LogP contribution in [0, 0.1) is 0 Å². The van der Waals surface area contributed by atoms with Gasteiger partial charge in [-0.25, -0.2) is 0 Å². The van der Waals surface area contributed by atoms with Gasteiger partial charge < -0.3 is 5.32 Å². The molecule has 0 spiro atoms. The molecule has 134 valence electrons. The molecule has 25 heavy (non-hydrogen) atoms. The first-order valence-corrected chi connectivity index (χ1v) is 9.46. The minimum atomic E-state index is -0.207. The largest absolute Gasteiger partial charge is 0.351 e. The lowest BCUT2D eigenvalue weighted by Gasteiger charge is -2.24. The maximum Gasteiger partial charge on any atom is 0.230 e. The van der Waals surface area contributed by atoms with Crippen LogP contribution in [0.2, 0.25) is 5.02 Å². The fourth-order valence-corrected chi connectivity index (χ4v) is 3.01. The van der Waals surface area contributed by atoms with Crippen molar-refractivity contribution in [3.8, 4) is 11.4 Å². The average Bonchev–Trinajstić information content (AvgIpc) is 2.96. The number of rotatable bonds is 8. The number of allylic oxidation sites excluding steroid dienone is 1. The first-order valence-electron chi connectivity index (χ1n) is 8.10. The second-order valence-corrected chi connectivity index (χ2v) is 7.67. The third kappa shape index (κ3) is 5.34. The third-order valence-electron chi connectivity index (χ3n) is 3.82. The van der Waals surface area contributed by atoms with Crippen molar-refractivity contribution in [2.24, 2.45) is 0 Å². The summed E-state index contributed by atoms with van der Waals surface area (Å²) in [4.78, 5) is 12.2. The van der Waals surface area contributed by atoms with E-state index >= 15 is 0 Å². The second kappa shape index (κ2) is 8.54. The smallest absolute Gasteiger partial charge is 0.230 e. The normalized spacial score (nSPS) is 11.4. The summed E-state index contributed by atoms with van der Waals surface area (Å²) < 4.78 is 1.94. The van der Waals surface area contributed by atoms with E-state index in [-0.39, 0.29) is 11.4 Å². The molecule has 1 amide bonds. The third-order valence-corrected chi connectivity index (χ3v) is 5.04. The first-order chi connectivity index (χ1) is 11.9. The minimum Gasteiger partial charge on any atom is -0.351 e. The predicted octanol–water partition coefficient (Wildman–Crippen LogP) is 4.18. The Morgan fingerprint density at radius 2 is 2.04 bits per heavy atom. The van der Waals surface area contributed by atoms with Gasteiger partial charge in [0.1, 0.15) is 0 Å². The highest BCUT2D eigenvalue weighted by molar-refractivity contribution is 7.99. The van der Waals surface area contributed by atoms with Crippen molar-refractivity contribution in [3.05, 3.63) is 41.9 Å². The molecule has 2 rings (SSSR count). The molecule has 2 aromatic rings. The molecule has 0 aliphatic rings. The molecule has 0 bridgehead atoms. The maximum absolute atomic E-state index is 12.2. The average molecular weight is 379 g/mol.